The first kappa shape index (κ1) is 18.5. The van der Waals surface area contributed by atoms with Gasteiger partial charge in [0.2, 0.25) is 0 Å². The molecule has 138 valence electrons. The van der Waals surface area contributed by atoms with Gasteiger partial charge in [-0.1, -0.05) is 84.9 Å². The van der Waals surface area contributed by atoms with Crippen molar-refractivity contribution in [2.75, 3.05) is 0 Å². The minimum absolute atomic E-state index is 0.319. The molecule has 0 aliphatic rings. The molecule has 2 nitrogen and oxygen atoms in total. The molecule has 0 unspecified atom stereocenters. The average Bonchev–Trinajstić information content (AvgIpc) is 2.79. The zero-order valence-electron chi connectivity index (χ0n) is 15.3. The van der Waals surface area contributed by atoms with Gasteiger partial charge in [-0.2, -0.15) is 0 Å². The predicted molar refractivity (Wildman–Crippen MR) is 115 cm³/mol. The minimum Gasteiger partial charge on any atom is -0.379 e. The number of hydrogen-bond acceptors (Lipinski definition) is 3. The lowest BCUT2D eigenvalue weighted by Gasteiger charge is -2.36. The van der Waals surface area contributed by atoms with Crippen LogP contribution in [0, 0.1) is 0 Å². The second-order valence-electron chi connectivity index (χ2n) is 6.56. The Hall–Kier alpha value is -2.88. The lowest BCUT2D eigenvalue weighted by molar-refractivity contribution is 0.0766. The summed E-state index contributed by atoms with van der Waals surface area (Å²) in [5, 5.41) is 11.9. The maximum absolute atomic E-state index is 12.3. The molecule has 0 aliphatic heterocycles. The van der Waals surface area contributed by atoms with Gasteiger partial charge in [0, 0.05) is 11.1 Å². The Balaban J connectivity index is 1.91. The molecular formula is C25H21NOS. The highest BCUT2D eigenvalue weighted by molar-refractivity contribution is 7.99. The molecule has 0 spiro atoms. The van der Waals surface area contributed by atoms with Gasteiger partial charge in [0.15, 0.2) is 0 Å². The summed E-state index contributed by atoms with van der Waals surface area (Å²) in [5.41, 5.74) is 1.30. The van der Waals surface area contributed by atoms with Gasteiger partial charge in [-0.05, 0) is 35.4 Å². The first-order chi connectivity index (χ1) is 13.8. The van der Waals surface area contributed by atoms with Crippen LogP contribution in [0.3, 0.4) is 0 Å². The molecule has 0 fully saturated rings. The Morgan fingerprint density at radius 3 is 1.64 bits per heavy atom. The molecule has 1 N–H and O–H groups in total. The molecule has 0 saturated heterocycles. The number of nitrogens with zero attached hydrogens (tertiary/aromatic N) is 1. The third-order valence-corrected chi connectivity index (χ3v) is 6.12. The monoisotopic (exact) mass is 383 g/mol. The molecular weight excluding hydrogens is 362 g/mol. The van der Waals surface area contributed by atoms with Gasteiger partial charge in [-0.15, -0.1) is 11.8 Å². The van der Waals surface area contributed by atoms with Gasteiger partial charge >= 0.3 is 0 Å². The number of rotatable bonds is 6. The second kappa shape index (κ2) is 8.42. The third kappa shape index (κ3) is 3.72. The molecule has 28 heavy (non-hydrogen) atoms. The van der Waals surface area contributed by atoms with Crippen molar-refractivity contribution in [3.63, 3.8) is 0 Å². The van der Waals surface area contributed by atoms with E-state index >= 15 is 0 Å². The van der Waals surface area contributed by atoms with E-state index in [1.807, 2.05) is 97.1 Å². The normalized spacial score (nSPS) is 12.5. The SMILES string of the molecule is OC(c1ccccc1)(c1ccccc1)[C@@H](Sc1ccccc1)c1ccccn1. The molecule has 1 aromatic heterocycles. The van der Waals surface area contributed by atoms with E-state index in [0.29, 0.717) is 0 Å². The summed E-state index contributed by atoms with van der Waals surface area (Å²) in [6.07, 6.45) is 1.78. The van der Waals surface area contributed by atoms with Crippen molar-refractivity contribution in [1.82, 2.24) is 4.98 Å². The zero-order chi connectivity index (χ0) is 19.2. The topological polar surface area (TPSA) is 33.1 Å². The van der Waals surface area contributed by atoms with Gasteiger partial charge in [-0.3, -0.25) is 4.98 Å². The molecule has 0 amide bonds. The molecule has 1 atom stereocenters. The molecule has 3 aromatic carbocycles. The fourth-order valence-corrected chi connectivity index (χ4v) is 4.67. The Labute approximate surface area is 169 Å². The van der Waals surface area contributed by atoms with E-state index in [9.17, 15) is 5.11 Å². The maximum Gasteiger partial charge on any atom is 0.132 e. The summed E-state index contributed by atoms with van der Waals surface area (Å²) in [6.45, 7) is 0. The van der Waals surface area contributed by atoms with Crippen molar-refractivity contribution in [1.29, 1.82) is 0 Å². The van der Waals surface area contributed by atoms with Crippen LogP contribution in [0.2, 0.25) is 0 Å². The minimum atomic E-state index is -1.24. The van der Waals surface area contributed by atoms with Gasteiger partial charge in [-0.25, -0.2) is 0 Å². The second-order valence-corrected chi connectivity index (χ2v) is 7.74. The van der Waals surface area contributed by atoms with Crippen LogP contribution in [0.1, 0.15) is 22.1 Å². The van der Waals surface area contributed by atoms with Gasteiger partial charge in [0.1, 0.15) is 5.60 Å². The van der Waals surface area contributed by atoms with Crippen LogP contribution < -0.4 is 0 Å². The first-order valence-electron chi connectivity index (χ1n) is 9.24. The lowest BCUT2D eigenvalue weighted by atomic mass is 9.82. The lowest BCUT2D eigenvalue weighted by Crippen LogP contribution is -2.34. The summed E-state index contributed by atoms with van der Waals surface area (Å²) >= 11 is 1.63. The number of aliphatic hydroxyl groups is 1. The number of aromatic nitrogens is 1. The largest absolute Gasteiger partial charge is 0.379 e. The Bertz CT molecular complexity index is 952. The van der Waals surface area contributed by atoms with Crippen molar-refractivity contribution in [3.05, 3.63) is 132 Å². The van der Waals surface area contributed by atoms with E-state index in [2.05, 4.69) is 17.1 Å². The number of thioether (sulfide) groups is 1. The standard InChI is InChI=1S/C25H21NOS/c27-25(20-12-4-1-5-13-20,21-14-6-2-7-15-21)24(23-18-10-11-19-26-23)28-22-16-8-3-9-17-22/h1-19,24,27H/t24-/m0/s1. The maximum atomic E-state index is 12.3. The molecule has 3 heteroatoms. The van der Waals surface area contributed by atoms with E-state index in [4.69, 9.17) is 0 Å². The molecule has 0 bridgehead atoms. The highest BCUT2D eigenvalue weighted by Crippen LogP contribution is 2.50. The van der Waals surface area contributed by atoms with Crippen LogP contribution in [-0.2, 0) is 5.60 Å². The fourth-order valence-electron chi connectivity index (χ4n) is 3.38. The van der Waals surface area contributed by atoms with Crippen LogP contribution in [0.5, 0.6) is 0 Å². The van der Waals surface area contributed by atoms with E-state index in [-0.39, 0.29) is 5.25 Å². The highest BCUT2D eigenvalue weighted by atomic mass is 32.2. The van der Waals surface area contributed by atoms with Crippen molar-refractivity contribution in [3.8, 4) is 0 Å². The molecule has 4 rings (SSSR count). The van der Waals surface area contributed by atoms with E-state index in [1.165, 1.54) is 0 Å². The van der Waals surface area contributed by atoms with Gasteiger partial charge < -0.3 is 5.11 Å². The van der Waals surface area contributed by atoms with Gasteiger partial charge in [0.25, 0.3) is 0 Å². The zero-order valence-corrected chi connectivity index (χ0v) is 16.2. The molecule has 4 aromatic rings. The highest BCUT2D eigenvalue weighted by Gasteiger charge is 2.42. The summed E-state index contributed by atoms with van der Waals surface area (Å²) in [6, 6.07) is 35.7. The van der Waals surface area contributed by atoms with Crippen LogP contribution in [-0.4, -0.2) is 10.1 Å². The smallest absolute Gasteiger partial charge is 0.132 e. The molecule has 0 radical (unpaired) electrons. The fraction of sp³-hybridized carbons (Fsp3) is 0.0800. The summed E-state index contributed by atoms with van der Waals surface area (Å²) < 4.78 is 0. The molecule has 1 heterocycles. The van der Waals surface area contributed by atoms with Gasteiger partial charge in [0.05, 0.1) is 10.9 Å². The number of benzene rings is 3. The van der Waals surface area contributed by atoms with E-state index < -0.39 is 5.60 Å². The average molecular weight is 384 g/mol. The molecule has 0 saturated carbocycles. The predicted octanol–water partition coefficient (Wildman–Crippen LogP) is 5.85. The van der Waals surface area contributed by atoms with Crippen molar-refractivity contribution in [2.45, 2.75) is 15.7 Å². The third-order valence-electron chi connectivity index (χ3n) is 4.76. The summed E-state index contributed by atoms with van der Waals surface area (Å²) in [7, 11) is 0. The van der Waals surface area contributed by atoms with Crippen LogP contribution >= 0.6 is 11.8 Å². The van der Waals surface area contributed by atoms with E-state index in [1.54, 1.807) is 18.0 Å². The van der Waals surface area contributed by atoms with Crippen LogP contribution in [0.4, 0.5) is 0 Å². The quantitative estimate of drug-likeness (QED) is 0.424. The summed E-state index contributed by atoms with van der Waals surface area (Å²) in [4.78, 5) is 5.70. The van der Waals surface area contributed by atoms with Crippen molar-refractivity contribution >= 4 is 11.8 Å². The Morgan fingerprint density at radius 2 is 1.14 bits per heavy atom. The van der Waals surface area contributed by atoms with Crippen LogP contribution in [0.25, 0.3) is 0 Å². The van der Waals surface area contributed by atoms with Crippen molar-refractivity contribution < 1.29 is 5.11 Å². The van der Waals surface area contributed by atoms with Crippen molar-refractivity contribution in [2.24, 2.45) is 0 Å². The number of pyridine rings is 1. The first-order valence-corrected chi connectivity index (χ1v) is 10.1. The number of hydrogen-bond donors (Lipinski definition) is 1. The van der Waals surface area contributed by atoms with Crippen LogP contribution in [0.15, 0.2) is 120 Å². The molecule has 0 aliphatic carbocycles. The van der Waals surface area contributed by atoms with E-state index in [0.717, 1.165) is 21.7 Å². The summed E-state index contributed by atoms with van der Waals surface area (Å²) in [5.74, 6) is 0. The Kier molecular flexibility index (Phi) is 5.56. The Morgan fingerprint density at radius 1 is 0.643 bits per heavy atom.